The van der Waals surface area contributed by atoms with E-state index in [2.05, 4.69) is 15.4 Å². The van der Waals surface area contributed by atoms with Gasteiger partial charge >= 0.3 is 0 Å². The number of amides is 3. The average molecular weight is 471 g/mol. The first-order valence-electron chi connectivity index (χ1n) is 11.1. The molecule has 1 atom stereocenters. The van der Waals surface area contributed by atoms with Crippen LogP contribution >= 0.6 is 0 Å². The van der Waals surface area contributed by atoms with Crippen molar-refractivity contribution in [1.29, 1.82) is 0 Å². The second-order valence-corrected chi connectivity index (χ2v) is 8.94. The number of aryl methyl sites for hydroxylation is 1. The number of nitrogens with one attached hydrogen (secondary N) is 1. The van der Waals surface area contributed by atoms with Crippen LogP contribution in [0, 0.1) is 0 Å². The molecule has 35 heavy (non-hydrogen) atoms. The summed E-state index contributed by atoms with van der Waals surface area (Å²) in [4.78, 5) is 44.7. The Labute approximate surface area is 199 Å². The van der Waals surface area contributed by atoms with Gasteiger partial charge in [-0.2, -0.15) is 5.10 Å². The number of methoxy groups -OCH3 is 1. The molecular weight excluding hydrogens is 450 g/mol. The van der Waals surface area contributed by atoms with Crippen LogP contribution in [0.5, 0.6) is 5.75 Å². The third-order valence-corrected chi connectivity index (χ3v) is 6.68. The van der Waals surface area contributed by atoms with Gasteiger partial charge in [-0.05, 0) is 29.8 Å². The Hall–Kier alpha value is -4.47. The summed E-state index contributed by atoms with van der Waals surface area (Å²) in [5.74, 6) is -0.208. The van der Waals surface area contributed by atoms with Crippen LogP contribution in [0.1, 0.15) is 28.1 Å². The molecule has 0 unspecified atom stereocenters. The Morgan fingerprint density at radius 1 is 1.17 bits per heavy atom. The molecule has 0 radical (unpaired) electrons. The van der Waals surface area contributed by atoms with E-state index in [1.807, 2.05) is 25.4 Å². The standard InChI is InChI=1S/C25H21N5O5/c1-29-11-16(9-27-29)19-5-15-6-21(35-20(15)10-26-19)25(8-22(31)28-24(25)33)13-30-12-14-3-4-17(34-2)7-18(14)23(30)32/h3-7,9-11H,8,12-13H2,1-2H3,(H,28,31,33)/t25-/m1/s1. The minimum atomic E-state index is -1.34. The lowest BCUT2D eigenvalue weighted by molar-refractivity contribution is -0.127. The summed E-state index contributed by atoms with van der Waals surface area (Å²) in [5.41, 5.74) is 2.06. The van der Waals surface area contributed by atoms with Crippen LogP contribution in [-0.2, 0) is 28.6 Å². The third-order valence-electron chi connectivity index (χ3n) is 6.68. The first-order valence-corrected chi connectivity index (χ1v) is 11.1. The highest BCUT2D eigenvalue weighted by Gasteiger charge is 2.53. The number of carbonyl (C=O) groups excluding carboxylic acids is 3. The van der Waals surface area contributed by atoms with Gasteiger partial charge in [-0.25, -0.2) is 0 Å². The van der Waals surface area contributed by atoms with Gasteiger partial charge in [-0.15, -0.1) is 0 Å². The van der Waals surface area contributed by atoms with Crippen molar-refractivity contribution in [2.75, 3.05) is 13.7 Å². The van der Waals surface area contributed by atoms with Crippen LogP contribution in [0.4, 0.5) is 0 Å². The van der Waals surface area contributed by atoms with Crippen molar-refractivity contribution in [2.24, 2.45) is 7.05 Å². The summed E-state index contributed by atoms with van der Waals surface area (Å²) in [6.07, 6.45) is 5.04. The molecule has 3 amide bonds. The SMILES string of the molecule is COc1ccc2c(c1)C(=O)N(C[C@@]1(c3cc4cc(-c5cnn(C)c5)ncc4o3)CC(=O)NC1=O)C2. The van der Waals surface area contributed by atoms with Crippen molar-refractivity contribution in [2.45, 2.75) is 18.4 Å². The number of nitrogens with zero attached hydrogens (tertiary/aromatic N) is 4. The van der Waals surface area contributed by atoms with Gasteiger partial charge in [-0.1, -0.05) is 6.07 Å². The van der Waals surface area contributed by atoms with Gasteiger partial charge < -0.3 is 14.1 Å². The Kier molecular flexibility index (Phi) is 4.53. The molecule has 1 aromatic carbocycles. The Morgan fingerprint density at radius 3 is 2.74 bits per heavy atom. The fourth-order valence-corrected chi connectivity index (χ4v) is 4.86. The topological polar surface area (TPSA) is 120 Å². The van der Waals surface area contributed by atoms with E-state index in [0.717, 1.165) is 16.5 Å². The predicted octanol–water partition coefficient (Wildman–Crippen LogP) is 2.18. The number of imide groups is 1. The molecule has 0 saturated carbocycles. The maximum absolute atomic E-state index is 13.2. The van der Waals surface area contributed by atoms with Crippen LogP contribution in [0.25, 0.3) is 22.2 Å². The van der Waals surface area contributed by atoms with Crippen molar-refractivity contribution >= 4 is 28.7 Å². The van der Waals surface area contributed by atoms with E-state index >= 15 is 0 Å². The van der Waals surface area contributed by atoms with Gasteiger partial charge in [0.1, 0.15) is 16.9 Å². The lowest BCUT2D eigenvalue weighted by Crippen LogP contribution is -2.46. The lowest BCUT2D eigenvalue weighted by Gasteiger charge is -2.28. The number of pyridine rings is 1. The van der Waals surface area contributed by atoms with Crippen LogP contribution < -0.4 is 10.1 Å². The van der Waals surface area contributed by atoms with Crippen molar-refractivity contribution in [1.82, 2.24) is 25.0 Å². The van der Waals surface area contributed by atoms with E-state index in [9.17, 15) is 14.4 Å². The van der Waals surface area contributed by atoms with Gasteiger partial charge in [0, 0.05) is 42.8 Å². The number of hydrogen-bond donors (Lipinski definition) is 1. The second-order valence-electron chi connectivity index (χ2n) is 8.94. The van der Waals surface area contributed by atoms with Crippen molar-refractivity contribution in [3.05, 3.63) is 65.8 Å². The summed E-state index contributed by atoms with van der Waals surface area (Å²) in [7, 11) is 3.37. The van der Waals surface area contributed by atoms with E-state index in [4.69, 9.17) is 9.15 Å². The van der Waals surface area contributed by atoms with Gasteiger partial charge in [0.2, 0.25) is 11.8 Å². The Morgan fingerprint density at radius 2 is 2.03 bits per heavy atom. The summed E-state index contributed by atoms with van der Waals surface area (Å²) in [6, 6.07) is 8.93. The summed E-state index contributed by atoms with van der Waals surface area (Å²) < 4.78 is 13.0. The van der Waals surface area contributed by atoms with E-state index in [0.29, 0.717) is 34.9 Å². The fraction of sp³-hybridized carbons (Fsp3) is 0.240. The number of fused-ring (bicyclic) bond motifs is 2. The van der Waals surface area contributed by atoms with Gasteiger partial charge in [-0.3, -0.25) is 29.4 Å². The summed E-state index contributed by atoms with van der Waals surface area (Å²) in [6.45, 7) is 0.331. The highest BCUT2D eigenvalue weighted by Crippen LogP contribution is 2.39. The molecule has 1 saturated heterocycles. The number of aromatic nitrogens is 3. The zero-order valence-electron chi connectivity index (χ0n) is 19.1. The van der Waals surface area contributed by atoms with E-state index < -0.39 is 17.2 Å². The van der Waals surface area contributed by atoms with E-state index in [1.165, 1.54) is 0 Å². The lowest BCUT2D eigenvalue weighted by atomic mass is 9.82. The molecule has 0 bridgehead atoms. The molecular formula is C25H21N5O5. The van der Waals surface area contributed by atoms with Crippen molar-refractivity contribution < 1.29 is 23.5 Å². The minimum Gasteiger partial charge on any atom is -0.497 e. The number of rotatable bonds is 5. The predicted molar refractivity (Wildman–Crippen MR) is 123 cm³/mol. The fourth-order valence-electron chi connectivity index (χ4n) is 4.86. The average Bonchev–Trinajstić information content (AvgIpc) is 3.60. The first kappa shape index (κ1) is 21.1. The van der Waals surface area contributed by atoms with Crippen LogP contribution in [0.3, 0.4) is 0 Å². The Balaban J connectivity index is 1.38. The number of hydrogen-bond acceptors (Lipinski definition) is 7. The van der Waals surface area contributed by atoms with E-state index in [-0.39, 0.29) is 18.9 Å². The van der Waals surface area contributed by atoms with Crippen molar-refractivity contribution in [3.63, 3.8) is 0 Å². The molecule has 6 rings (SSSR count). The van der Waals surface area contributed by atoms with Gasteiger partial charge in [0.05, 0.1) is 31.6 Å². The summed E-state index contributed by atoms with van der Waals surface area (Å²) >= 11 is 0. The number of carbonyl (C=O) groups is 3. The molecule has 5 heterocycles. The number of ether oxygens (including phenoxy) is 1. The quantitative estimate of drug-likeness (QED) is 0.443. The largest absolute Gasteiger partial charge is 0.497 e. The number of furan rings is 1. The number of benzene rings is 1. The molecule has 2 aliphatic rings. The second kappa shape index (κ2) is 7.52. The molecule has 176 valence electrons. The van der Waals surface area contributed by atoms with E-state index in [1.54, 1.807) is 47.3 Å². The molecule has 2 aliphatic heterocycles. The highest BCUT2D eigenvalue weighted by molar-refractivity contribution is 6.10. The van der Waals surface area contributed by atoms with Gasteiger partial charge in [0.15, 0.2) is 5.58 Å². The highest BCUT2D eigenvalue weighted by atomic mass is 16.5. The molecule has 10 heteroatoms. The van der Waals surface area contributed by atoms with Crippen molar-refractivity contribution in [3.8, 4) is 17.0 Å². The van der Waals surface area contributed by atoms with Crippen LogP contribution in [0.2, 0.25) is 0 Å². The van der Waals surface area contributed by atoms with Crippen LogP contribution in [-0.4, -0.2) is 51.0 Å². The molecule has 4 aromatic rings. The molecule has 0 aliphatic carbocycles. The normalized spacial score (nSPS) is 19.5. The molecule has 0 spiro atoms. The maximum atomic E-state index is 13.2. The smallest absolute Gasteiger partial charge is 0.254 e. The molecule has 1 N–H and O–H groups in total. The minimum absolute atomic E-state index is 0.00309. The zero-order chi connectivity index (χ0) is 24.3. The molecule has 1 fully saturated rings. The maximum Gasteiger partial charge on any atom is 0.254 e. The van der Waals surface area contributed by atoms with Crippen LogP contribution in [0.15, 0.2) is 53.3 Å². The Bertz CT molecular complexity index is 1540. The molecule has 10 nitrogen and oxygen atoms in total. The summed E-state index contributed by atoms with van der Waals surface area (Å²) in [5, 5.41) is 7.31. The monoisotopic (exact) mass is 471 g/mol. The first-order chi connectivity index (χ1) is 16.9. The third kappa shape index (κ3) is 3.29. The molecule has 3 aromatic heterocycles. The van der Waals surface area contributed by atoms with Gasteiger partial charge in [0.25, 0.3) is 5.91 Å². The zero-order valence-corrected chi connectivity index (χ0v) is 19.1.